The van der Waals surface area contributed by atoms with E-state index in [4.69, 9.17) is 15.2 Å². The first kappa shape index (κ1) is 16.9. The lowest BCUT2D eigenvalue weighted by molar-refractivity contribution is -0.119. The van der Waals surface area contributed by atoms with Crippen molar-refractivity contribution in [1.82, 2.24) is 9.55 Å². The number of carbonyl (C=O) groups is 2. The highest BCUT2D eigenvalue weighted by molar-refractivity contribution is 5.89. The number of primary amides is 1. The van der Waals surface area contributed by atoms with Gasteiger partial charge in [0.25, 0.3) is 0 Å². The largest absolute Gasteiger partial charge is 0.491 e. The average molecular weight is 383 g/mol. The Kier molecular flexibility index (Phi) is 3.88. The fraction of sp³-hybridized carbons (Fsp3) is 0.421. The van der Waals surface area contributed by atoms with Crippen molar-refractivity contribution in [2.75, 3.05) is 36.1 Å². The van der Waals surface area contributed by atoms with Crippen LogP contribution in [0.15, 0.2) is 24.4 Å². The molecule has 0 aliphatic carbocycles. The standard InChI is InChI=1S/C19H21N5O4/c20-17(25)14-2-1-5-23(14)12-3-4-13-15(10-12)27-8-6-22-11-16(21-18(13)22)24-7-9-28-19(24)26/h3-4,10-11,14H,1-2,5-9H2,(H2,20,25)/t14-/m0/s1. The van der Waals surface area contributed by atoms with Gasteiger partial charge in [-0.1, -0.05) is 0 Å². The lowest BCUT2D eigenvalue weighted by Gasteiger charge is -2.25. The Balaban J connectivity index is 1.51. The number of nitrogens with zero attached hydrogens (tertiary/aromatic N) is 4. The number of aromatic nitrogens is 2. The number of fused-ring (bicyclic) bond motifs is 3. The summed E-state index contributed by atoms with van der Waals surface area (Å²) in [5.74, 6) is 1.75. The van der Waals surface area contributed by atoms with Crippen molar-refractivity contribution in [2.45, 2.75) is 25.4 Å². The van der Waals surface area contributed by atoms with Crippen LogP contribution in [0.25, 0.3) is 11.4 Å². The van der Waals surface area contributed by atoms with E-state index in [0.29, 0.717) is 37.9 Å². The minimum atomic E-state index is -0.369. The Morgan fingerprint density at radius 2 is 2.04 bits per heavy atom. The van der Waals surface area contributed by atoms with E-state index in [0.717, 1.165) is 36.5 Å². The van der Waals surface area contributed by atoms with E-state index in [2.05, 4.69) is 4.98 Å². The molecule has 0 spiro atoms. The molecule has 3 aliphatic rings. The smallest absolute Gasteiger partial charge is 0.415 e. The van der Waals surface area contributed by atoms with Crippen LogP contribution in [0.3, 0.4) is 0 Å². The quantitative estimate of drug-likeness (QED) is 0.858. The Bertz CT molecular complexity index is 956. The van der Waals surface area contributed by atoms with E-state index in [-0.39, 0.29) is 18.0 Å². The summed E-state index contributed by atoms with van der Waals surface area (Å²) >= 11 is 0. The van der Waals surface area contributed by atoms with Gasteiger partial charge in [-0.05, 0) is 25.0 Å². The molecule has 1 atom stereocenters. The number of nitrogens with two attached hydrogens (primary N) is 1. The molecular formula is C19H21N5O4. The van der Waals surface area contributed by atoms with Crippen LogP contribution in [-0.4, -0.2) is 53.9 Å². The zero-order valence-electron chi connectivity index (χ0n) is 15.3. The van der Waals surface area contributed by atoms with Crippen molar-refractivity contribution in [3.63, 3.8) is 0 Å². The number of amides is 2. The van der Waals surface area contributed by atoms with Gasteiger partial charge in [0.15, 0.2) is 5.82 Å². The fourth-order valence-corrected chi connectivity index (χ4v) is 4.14. The molecule has 0 bridgehead atoms. The number of rotatable bonds is 3. The maximum absolute atomic E-state index is 11.9. The first-order chi connectivity index (χ1) is 13.6. The second-order valence-corrected chi connectivity index (χ2v) is 7.16. The number of cyclic esters (lactones) is 1. The van der Waals surface area contributed by atoms with Crippen molar-refractivity contribution in [3.8, 4) is 17.1 Å². The second-order valence-electron chi connectivity index (χ2n) is 7.16. The molecule has 0 unspecified atom stereocenters. The van der Waals surface area contributed by atoms with Crippen molar-refractivity contribution in [3.05, 3.63) is 24.4 Å². The van der Waals surface area contributed by atoms with E-state index < -0.39 is 0 Å². The number of anilines is 2. The zero-order chi connectivity index (χ0) is 19.3. The molecule has 2 saturated heterocycles. The van der Waals surface area contributed by atoms with Gasteiger partial charge in [0.2, 0.25) is 5.91 Å². The number of hydrogen-bond acceptors (Lipinski definition) is 6. The van der Waals surface area contributed by atoms with E-state index in [9.17, 15) is 9.59 Å². The lowest BCUT2D eigenvalue weighted by Crippen LogP contribution is -2.40. The van der Waals surface area contributed by atoms with Crippen molar-refractivity contribution < 1.29 is 19.1 Å². The lowest BCUT2D eigenvalue weighted by atomic mass is 10.1. The van der Waals surface area contributed by atoms with Gasteiger partial charge in [-0.25, -0.2) is 9.78 Å². The highest BCUT2D eigenvalue weighted by atomic mass is 16.6. The van der Waals surface area contributed by atoms with Crippen molar-refractivity contribution >= 4 is 23.5 Å². The molecule has 28 heavy (non-hydrogen) atoms. The summed E-state index contributed by atoms with van der Waals surface area (Å²) in [6, 6.07) is 5.60. The molecule has 0 radical (unpaired) electrons. The van der Waals surface area contributed by atoms with Crippen molar-refractivity contribution in [1.29, 1.82) is 0 Å². The number of imidazole rings is 1. The Morgan fingerprint density at radius 3 is 2.82 bits per heavy atom. The summed E-state index contributed by atoms with van der Waals surface area (Å²) in [6.07, 6.45) is 3.20. The third-order valence-corrected chi connectivity index (χ3v) is 5.51. The van der Waals surface area contributed by atoms with E-state index in [1.807, 2.05) is 33.9 Å². The second kappa shape index (κ2) is 6.43. The molecular weight excluding hydrogens is 362 g/mol. The topological polar surface area (TPSA) is 103 Å². The predicted octanol–water partition coefficient (Wildman–Crippen LogP) is 1.35. The van der Waals surface area contributed by atoms with Crippen LogP contribution in [0.2, 0.25) is 0 Å². The molecule has 5 rings (SSSR count). The van der Waals surface area contributed by atoms with Crippen LogP contribution in [0.1, 0.15) is 12.8 Å². The first-order valence-electron chi connectivity index (χ1n) is 9.46. The first-order valence-corrected chi connectivity index (χ1v) is 9.46. The molecule has 1 aromatic heterocycles. The molecule has 2 amide bonds. The highest BCUT2D eigenvalue weighted by Crippen LogP contribution is 2.38. The van der Waals surface area contributed by atoms with Gasteiger partial charge in [-0.3, -0.25) is 9.69 Å². The minimum Gasteiger partial charge on any atom is -0.491 e. The number of benzene rings is 1. The van der Waals surface area contributed by atoms with E-state index in [1.165, 1.54) is 4.90 Å². The molecule has 1 aromatic carbocycles. The van der Waals surface area contributed by atoms with Gasteiger partial charge in [-0.15, -0.1) is 0 Å². The van der Waals surface area contributed by atoms with Crippen LogP contribution in [0, 0.1) is 0 Å². The van der Waals surface area contributed by atoms with Gasteiger partial charge in [0, 0.05) is 24.5 Å². The van der Waals surface area contributed by atoms with Crippen LogP contribution in [0.5, 0.6) is 5.75 Å². The van der Waals surface area contributed by atoms with E-state index in [1.54, 1.807) is 0 Å². The average Bonchev–Trinajstić information content (AvgIpc) is 3.39. The summed E-state index contributed by atoms with van der Waals surface area (Å²) in [7, 11) is 0. The molecule has 2 N–H and O–H groups in total. The van der Waals surface area contributed by atoms with Crippen LogP contribution in [0.4, 0.5) is 16.3 Å². The Morgan fingerprint density at radius 1 is 1.18 bits per heavy atom. The molecule has 146 valence electrons. The van der Waals surface area contributed by atoms with Crippen LogP contribution < -0.4 is 20.3 Å². The van der Waals surface area contributed by atoms with Gasteiger partial charge in [0.05, 0.1) is 18.7 Å². The normalized spacial score (nSPS) is 21.0. The van der Waals surface area contributed by atoms with Gasteiger partial charge < -0.3 is 24.7 Å². The van der Waals surface area contributed by atoms with E-state index >= 15 is 0 Å². The number of carbonyl (C=O) groups excluding carboxylic acids is 2. The van der Waals surface area contributed by atoms with Crippen LogP contribution >= 0.6 is 0 Å². The summed E-state index contributed by atoms with van der Waals surface area (Å²) in [5.41, 5.74) is 7.33. The molecule has 2 fully saturated rings. The number of hydrogen-bond donors (Lipinski definition) is 1. The molecule has 2 aromatic rings. The molecule has 0 saturated carbocycles. The third-order valence-electron chi connectivity index (χ3n) is 5.51. The zero-order valence-corrected chi connectivity index (χ0v) is 15.3. The van der Waals surface area contributed by atoms with Gasteiger partial charge >= 0.3 is 6.09 Å². The maximum Gasteiger partial charge on any atom is 0.415 e. The van der Waals surface area contributed by atoms with Crippen LogP contribution in [-0.2, 0) is 16.1 Å². The Labute approximate surface area is 161 Å². The number of ether oxygens (including phenoxy) is 2. The highest BCUT2D eigenvalue weighted by Gasteiger charge is 2.31. The third kappa shape index (κ3) is 2.65. The van der Waals surface area contributed by atoms with Gasteiger partial charge in [-0.2, -0.15) is 0 Å². The molecule has 9 heteroatoms. The maximum atomic E-state index is 11.9. The molecule has 4 heterocycles. The monoisotopic (exact) mass is 383 g/mol. The summed E-state index contributed by atoms with van der Waals surface area (Å²) in [5, 5.41) is 0. The summed E-state index contributed by atoms with van der Waals surface area (Å²) < 4.78 is 13.0. The summed E-state index contributed by atoms with van der Waals surface area (Å²) in [6.45, 7) is 2.79. The van der Waals surface area contributed by atoms with Gasteiger partial charge in [0.1, 0.15) is 30.8 Å². The van der Waals surface area contributed by atoms with Crippen molar-refractivity contribution in [2.24, 2.45) is 5.73 Å². The molecule has 9 nitrogen and oxygen atoms in total. The fourth-order valence-electron chi connectivity index (χ4n) is 4.14. The predicted molar refractivity (Wildman–Crippen MR) is 101 cm³/mol. The minimum absolute atomic E-state index is 0.279. The Hall–Kier alpha value is -3.23. The SMILES string of the molecule is NC(=O)[C@@H]1CCCN1c1ccc2c(c1)OCCn1cc(N3CCOC3=O)nc1-2. The summed E-state index contributed by atoms with van der Waals surface area (Å²) in [4.78, 5) is 31.9. The molecule has 3 aliphatic heterocycles.